The van der Waals surface area contributed by atoms with Gasteiger partial charge in [0, 0.05) is 25.6 Å². The first-order valence-corrected chi connectivity index (χ1v) is 9.78. The highest BCUT2D eigenvalue weighted by molar-refractivity contribution is 6.32. The van der Waals surface area contributed by atoms with E-state index in [1.54, 1.807) is 7.11 Å². The number of methoxy groups -OCH3 is 1. The number of ether oxygens (including phenoxy) is 2. The summed E-state index contributed by atoms with van der Waals surface area (Å²) in [6.07, 6.45) is 7.79. The molecule has 1 aromatic rings. The largest absolute Gasteiger partial charge is 0.490 e. The summed E-state index contributed by atoms with van der Waals surface area (Å²) in [5.74, 6) is 1.04. The molecule has 1 saturated heterocycles. The number of hydrogen-bond acceptors (Lipinski definition) is 3. The standard InChI is InChI=1S/C20H28ClNO3/c1-24-12-13-25-18-9-5-6-15(19(18)21)14-16-10-11-22(20(16)23)17-7-3-2-4-8-17/h5-6,9,16-17H,2-4,7-8,10-14H2,1H3. The van der Waals surface area contributed by atoms with Gasteiger partial charge in [-0.25, -0.2) is 0 Å². The van der Waals surface area contributed by atoms with E-state index in [0.717, 1.165) is 18.5 Å². The maximum atomic E-state index is 12.9. The van der Waals surface area contributed by atoms with Gasteiger partial charge in [0.05, 0.1) is 11.6 Å². The van der Waals surface area contributed by atoms with Crippen molar-refractivity contribution < 1.29 is 14.3 Å². The normalized spacial score (nSPS) is 21.8. The summed E-state index contributed by atoms with van der Waals surface area (Å²) in [5.41, 5.74) is 1.00. The minimum atomic E-state index is 0.0497. The maximum Gasteiger partial charge on any atom is 0.226 e. The van der Waals surface area contributed by atoms with Crippen molar-refractivity contribution in [2.45, 2.75) is 51.0 Å². The van der Waals surface area contributed by atoms with Crippen LogP contribution in [0.4, 0.5) is 0 Å². The van der Waals surface area contributed by atoms with Crippen LogP contribution in [0, 0.1) is 5.92 Å². The van der Waals surface area contributed by atoms with E-state index in [0.29, 0.717) is 42.4 Å². The second kappa shape index (κ2) is 8.91. The first-order chi connectivity index (χ1) is 12.2. The van der Waals surface area contributed by atoms with Crippen molar-refractivity contribution in [2.24, 2.45) is 5.92 Å². The number of carbonyl (C=O) groups excluding carboxylic acids is 1. The van der Waals surface area contributed by atoms with E-state index in [1.165, 1.54) is 32.1 Å². The number of carbonyl (C=O) groups is 1. The van der Waals surface area contributed by atoms with Crippen molar-refractivity contribution >= 4 is 17.5 Å². The van der Waals surface area contributed by atoms with Crippen molar-refractivity contribution in [1.29, 1.82) is 0 Å². The van der Waals surface area contributed by atoms with Crippen LogP contribution >= 0.6 is 11.6 Å². The Morgan fingerprint density at radius 1 is 1.16 bits per heavy atom. The minimum Gasteiger partial charge on any atom is -0.490 e. The van der Waals surface area contributed by atoms with Gasteiger partial charge in [0.1, 0.15) is 12.4 Å². The van der Waals surface area contributed by atoms with E-state index in [9.17, 15) is 4.79 Å². The molecule has 2 fully saturated rings. The van der Waals surface area contributed by atoms with Gasteiger partial charge in [-0.2, -0.15) is 0 Å². The van der Waals surface area contributed by atoms with Crippen LogP contribution in [0.3, 0.4) is 0 Å². The molecule has 1 aromatic carbocycles. The molecule has 1 saturated carbocycles. The molecular weight excluding hydrogens is 338 g/mol. The number of benzene rings is 1. The van der Waals surface area contributed by atoms with Crippen molar-refractivity contribution in [3.05, 3.63) is 28.8 Å². The summed E-state index contributed by atoms with van der Waals surface area (Å²) in [5, 5.41) is 0.627. The molecule has 1 amide bonds. The van der Waals surface area contributed by atoms with Gasteiger partial charge >= 0.3 is 0 Å². The lowest BCUT2D eigenvalue weighted by atomic mass is 9.94. The number of likely N-dealkylation sites (tertiary alicyclic amines) is 1. The summed E-state index contributed by atoms with van der Waals surface area (Å²) in [6, 6.07) is 6.28. The van der Waals surface area contributed by atoms with Gasteiger partial charge in [-0.1, -0.05) is 43.0 Å². The molecule has 1 aliphatic carbocycles. The molecule has 5 heteroatoms. The SMILES string of the molecule is COCCOc1cccc(CC2CCN(C3CCCCC3)C2=O)c1Cl. The van der Waals surface area contributed by atoms with Crippen LogP contribution in [0.5, 0.6) is 5.75 Å². The van der Waals surface area contributed by atoms with Gasteiger partial charge in [0.15, 0.2) is 0 Å². The topological polar surface area (TPSA) is 38.8 Å². The van der Waals surface area contributed by atoms with Gasteiger partial charge in [0.25, 0.3) is 0 Å². The highest BCUT2D eigenvalue weighted by Crippen LogP contribution is 2.34. The van der Waals surface area contributed by atoms with Crippen LogP contribution in [0.25, 0.3) is 0 Å². The van der Waals surface area contributed by atoms with Crippen LogP contribution in [-0.2, 0) is 16.0 Å². The second-order valence-electron chi connectivity index (χ2n) is 7.08. The fourth-order valence-corrected chi connectivity index (χ4v) is 4.29. The Hall–Kier alpha value is -1.26. The monoisotopic (exact) mass is 365 g/mol. The Balaban J connectivity index is 1.62. The zero-order chi connectivity index (χ0) is 17.6. The molecule has 0 N–H and O–H groups in total. The van der Waals surface area contributed by atoms with Crippen LogP contribution in [0.15, 0.2) is 18.2 Å². The predicted octanol–water partition coefficient (Wildman–Crippen LogP) is 4.09. The second-order valence-corrected chi connectivity index (χ2v) is 7.46. The Morgan fingerprint density at radius 2 is 1.96 bits per heavy atom. The first kappa shape index (κ1) is 18.5. The molecule has 1 unspecified atom stereocenters. The molecule has 25 heavy (non-hydrogen) atoms. The van der Waals surface area contributed by atoms with Crippen molar-refractivity contribution in [2.75, 3.05) is 26.9 Å². The Morgan fingerprint density at radius 3 is 2.72 bits per heavy atom. The number of hydrogen-bond donors (Lipinski definition) is 0. The van der Waals surface area contributed by atoms with E-state index in [4.69, 9.17) is 21.1 Å². The van der Waals surface area contributed by atoms with Crippen LogP contribution in [0.2, 0.25) is 5.02 Å². The third-order valence-corrected chi connectivity index (χ3v) is 5.85. The summed E-state index contributed by atoms with van der Waals surface area (Å²) < 4.78 is 10.7. The van der Waals surface area contributed by atoms with Crippen molar-refractivity contribution in [3.8, 4) is 5.75 Å². The van der Waals surface area contributed by atoms with Crippen LogP contribution in [0.1, 0.15) is 44.1 Å². The summed E-state index contributed by atoms with van der Waals surface area (Å²) in [6.45, 7) is 1.89. The minimum absolute atomic E-state index is 0.0497. The molecule has 1 atom stereocenters. The molecule has 0 spiro atoms. The van der Waals surface area contributed by atoms with E-state index >= 15 is 0 Å². The molecule has 0 radical (unpaired) electrons. The fourth-order valence-electron chi connectivity index (χ4n) is 4.03. The van der Waals surface area contributed by atoms with E-state index < -0.39 is 0 Å². The van der Waals surface area contributed by atoms with Gasteiger partial charge in [-0.05, 0) is 37.3 Å². The summed E-state index contributed by atoms with van der Waals surface area (Å²) in [7, 11) is 1.64. The van der Waals surface area contributed by atoms with Crippen molar-refractivity contribution in [3.63, 3.8) is 0 Å². The maximum absolute atomic E-state index is 12.9. The number of rotatable bonds is 7. The molecule has 1 heterocycles. The number of nitrogens with zero attached hydrogens (tertiary/aromatic N) is 1. The third-order valence-electron chi connectivity index (χ3n) is 5.42. The highest BCUT2D eigenvalue weighted by Gasteiger charge is 2.36. The van der Waals surface area contributed by atoms with Gasteiger partial charge in [-0.3, -0.25) is 4.79 Å². The highest BCUT2D eigenvalue weighted by atomic mass is 35.5. The number of halogens is 1. The zero-order valence-electron chi connectivity index (χ0n) is 15.0. The first-order valence-electron chi connectivity index (χ1n) is 9.40. The molecule has 1 aliphatic heterocycles. The number of amides is 1. The molecule has 138 valence electrons. The van der Waals surface area contributed by atoms with Crippen LogP contribution < -0.4 is 4.74 Å². The smallest absolute Gasteiger partial charge is 0.226 e. The molecule has 2 aliphatic rings. The predicted molar refractivity (Wildman–Crippen MR) is 99.2 cm³/mol. The Kier molecular flexibility index (Phi) is 6.60. The van der Waals surface area contributed by atoms with Gasteiger partial charge < -0.3 is 14.4 Å². The molecule has 4 nitrogen and oxygen atoms in total. The molecular formula is C20H28ClNO3. The van der Waals surface area contributed by atoms with E-state index in [1.807, 2.05) is 18.2 Å². The quantitative estimate of drug-likeness (QED) is 0.683. The Labute approximate surface area is 155 Å². The molecule has 3 rings (SSSR count). The lowest BCUT2D eigenvalue weighted by Gasteiger charge is -2.31. The van der Waals surface area contributed by atoms with Crippen LogP contribution in [-0.4, -0.2) is 43.7 Å². The molecule has 0 bridgehead atoms. The van der Waals surface area contributed by atoms with Gasteiger partial charge in [-0.15, -0.1) is 0 Å². The third kappa shape index (κ3) is 4.48. The van der Waals surface area contributed by atoms with Gasteiger partial charge in [0.2, 0.25) is 5.91 Å². The fraction of sp³-hybridized carbons (Fsp3) is 0.650. The average molecular weight is 366 g/mol. The Bertz CT molecular complexity index is 586. The summed E-state index contributed by atoms with van der Waals surface area (Å²) >= 11 is 6.51. The zero-order valence-corrected chi connectivity index (χ0v) is 15.8. The lowest BCUT2D eigenvalue weighted by molar-refractivity contribution is -0.133. The average Bonchev–Trinajstić information content (AvgIpc) is 3.00. The summed E-state index contributed by atoms with van der Waals surface area (Å²) in [4.78, 5) is 15.0. The van der Waals surface area contributed by atoms with E-state index in [-0.39, 0.29) is 5.92 Å². The van der Waals surface area contributed by atoms with E-state index in [2.05, 4.69) is 4.90 Å². The lowest BCUT2D eigenvalue weighted by Crippen LogP contribution is -2.39. The van der Waals surface area contributed by atoms with Crippen molar-refractivity contribution in [1.82, 2.24) is 4.90 Å². The molecule has 0 aromatic heterocycles.